The molecule has 1 rings (SSSR count). The number of nitrogens with zero attached hydrogens (tertiary/aromatic N) is 3. The van der Waals surface area contributed by atoms with E-state index in [1.807, 2.05) is 13.2 Å². The molecular weight excluding hydrogens is 308 g/mol. The Balaban J connectivity index is 3.17. The number of hydrogen-bond donors (Lipinski definition) is 1. The molecule has 0 saturated carbocycles. The summed E-state index contributed by atoms with van der Waals surface area (Å²) in [6, 6.07) is -0.0591. The van der Waals surface area contributed by atoms with Gasteiger partial charge in [0.2, 0.25) is 10.0 Å². The molecule has 8 heteroatoms. The molecule has 0 radical (unpaired) electrons. The lowest BCUT2D eigenvalue weighted by molar-refractivity contribution is 0.414. The predicted molar refractivity (Wildman–Crippen MR) is 88.2 cm³/mol. The van der Waals surface area contributed by atoms with Gasteiger partial charge in [-0.15, -0.1) is 0 Å². The van der Waals surface area contributed by atoms with E-state index in [0.29, 0.717) is 29.4 Å². The van der Waals surface area contributed by atoms with Crippen LogP contribution in [0, 0.1) is 13.8 Å². The van der Waals surface area contributed by atoms with Crippen molar-refractivity contribution in [3.05, 3.63) is 11.4 Å². The van der Waals surface area contributed by atoms with Crippen LogP contribution < -0.4 is 5.73 Å². The maximum absolute atomic E-state index is 12.8. The van der Waals surface area contributed by atoms with Gasteiger partial charge >= 0.3 is 0 Å². The topological polar surface area (TPSA) is 81.2 Å². The van der Waals surface area contributed by atoms with Crippen molar-refractivity contribution in [1.29, 1.82) is 0 Å². The van der Waals surface area contributed by atoms with Crippen LogP contribution in [0.15, 0.2) is 4.90 Å². The van der Waals surface area contributed by atoms with Gasteiger partial charge in [0.1, 0.15) is 4.90 Å². The van der Waals surface area contributed by atoms with E-state index in [4.69, 9.17) is 5.73 Å². The SMILES string of the molecule is CSCC(C)N(C)S(=O)(=O)c1c(C)nn(CCCN)c1C. The minimum Gasteiger partial charge on any atom is -0.330 e. The zero-order chi connectivity index (χ0) is 16.2. The van der Waals surface area contributed by atoms with Crippen LogP contribution in [0.25, 0.3) is 0 Å². The van der Waals surface area contributed by atoms with Gasteiger partial charge in [0.15, 0.2) is 0 Å². The lowest BCUT2D eigenvalue weighted by Crippen LogP contribution is -2.37. The molecule has 0 aromatic carbocycles. The van der Waals surface area contributed by atoms with E-state index < -0.39 is 10.0 Å². The molecule has 6 nitrogen and oxygen atoms in total. The molecule has 0 bridgehead atoms. The summed E-state index contributed by atoms with van der Waals surface area (Å²) in [4.78, 5) is 0.329. The van der Waals surface area contributed by atoms with Crippen LogP contribution in [-0.4, -0.2) is 54.1 Å². The zero-order valence-corrected chi connectivity index (χ0v) is 15.1. The van der Waals surface area contributed by atoms with Gasteiger partial charge in [0.05, 0.1) is 11.4 Å². The van der Waals surface area contributed by atoms with Crippen molar-refractivity contribution in [2.75, 3.05) is 25.6 Å². The quantitative estimate of drug-likeness (QED) is 0.773. The first kappa shape index (κ1) is 18.5. The second-order valence-corrected chi connectivity index (χ2v) is 8.04. The lowest BCUT2D eigenvalue weighted by Gasteiger charge is -2.23. The van der Waals surface area contributed by atoms with Crippen molar-refractivity contribution in [2.24, 2.45) is 5.73 Å². The molecule has 1 aromatic heterocycles. The molecular formula is C13H26N4O2S2. The van der Waals surface area contributed by atoms with E-state index in [0.717, 1.165) is 12.2 Å². The maximum atomic E-state index is 12.8. The van der Waals surface area contributed by atoms with Crippen LogP contribution in [0.4, 0.5) is 0 Å². The number of thioether (sulfide) groups is 1. The smallest absolute Gasteiger partial charge is 0.246 e. The summed E-state index contributed by atoms with van der Waals surface area (Å²) < 4.78 is 28.8. The summed E-state index contributed by atoms with van der Waals surface area (Å²) in [5.41, 5.74) is 6.74. The van der Waals surface area contributed by atoms with Gasteiger partial charge in [0, 0.05) is 25.4 Å². The number of aryl methyl sites for hydroxylation is 2. The van der Waals surface area contributed by atoms with Crippen LogP contribution in [0.1, 0.15) is 24.7 Å². The van der Waals surface area contributed by atoms with Crippen LogP contribution in [0.5, 0.6) is 0 Å². The van der Waals surface area contributed by atoms with Gasteiger partial charge in [-0.2, -0.15) is 21.2 Å². The van der Waals surface area contributed by atoms with Crippen molar-refractivity contribution < 1.29 is 8.42 Å². The molecule has 1 unspecified atom stereocenters. The largest absolute Gasteiger partial charge is 0.330 e. The molecule has 1 heterocycles. The van der Waals surface area contributed by atoms with Gasteiger partial charge in [-0.3, -0.25) is 4.68 Å². The minimum atomic E-state index is -3.52. The van der Waals surface area contributed by atoms with E-state index in [2.05, 4.69) is 5.10 Å². The fourth-order valence-electron chi connectivity index (χ4n) is 2.24. The third kappa shape index (κ3) is 4.00. The molecule has 0 fully saturated rings. The van der Waals surface area contributed by atoms with Gasteiger partial charge in [-0.05, 0) is 40.0 Å². The Labute approximate surface area is 132 Å². The summed E-state index contributed by atoms with van der Waals surface area (Å²) in [5, 5.41) is 4.35. The Morgan fingerprint density at radius 3 is 2.57 bits per heavy atom. The zero-order valence-electron chi connectivity index (χ0n) is 13.5. The molecule has 0 saturated heterocycles. The molecule has 0 aliphatic heterocycles. The van der Waals surface area contributed by atoms with E-state index in [1.54, 1.807) is 37.3 Å². The van der Waals surface area contributed by atoms with E-state index in [1.165, 1.54) is 4.31 Å². The summed E-state index contributed by atoms with van der Waals surface area (Å²) in [6.45, 7) is 6.66. The average Bonchev–Trinajstić information content (AvgIpc) is 2.70. The van der Waals surface area contributed by atoms with Crippen LogP contribution >= 0.6 is 11.8 Å². The van der Waals surface area contributed by atoms with Crippen molar-refractivity contribution in [2.45, 2.75) is 44.7 Å². The standard InChI is InChI=1S/C13H26N4O2S2/c1-10(9-20-5)16(4)21(18,19)13-11(2)15-17(12(13)3)8-6-7-14/h10H,6-9,14H2,1-5H3. The van der Waals surface area contributed by atoms with E-state index >= 15 is 0 Å². The first-order valence-corrected chi connectivity index (χ1v) is 9.81. The highest BCUT2D eigenvalue weighted by Gasteiger charge is 2.31. The number of rotatable bonds is 8. The maximum Gasteiger partial charge on any atom is 0.246 e. The monoisotopic (exact) mass is 334 g/mol. The molecule has 2 N–H and O–H groups in total. The third-order valence-electron chi connectivity index (χ3n) is 3.55. The van der Waals surface area contributed by atoms with Gasteiger partial charge in [-0.25, -0.2) is 8.42 Å². The number of hydrogen-bond acceptors (Lipinski definition) is 5. The Kier molecular flexibility index (Phi) is 6.71. The fraction of sp³-hybridized carbons (Fsp3) is 0.769. The summed E-state index contributed by atoms with van der Waals surface area (Å²) >= 11 is 1.63. The molecule has 0 amide bonds. The lowest BCUT2D eigenvalue weighted by atomic mass is 10.4. The molecule has 0 aliphatic rings. The van der Waals surface area contributed by atoms with E-state index in [9.17, 15) is 8.42 Å². The highest BCUT2D eigenvalue weighted by atomic mass is 32.2. The highest BCUT2D eigenvalue weighted by Crippen LogP contribution is 2.24. The van der Waals surface area contributed by atoms with Gasteiger partial charge in [0.25, 0.3) is 0 Å². The van der Waals surface area contributed by atoms with Gasteiger partial charge < -0.3 is 5.73 Å². The van der Waals surface area contributed by atoms with Crippen LogP contribution in [0.3, 0.4) is 0 Å². The van der Waals surface area contributed by atoms with Crippen LogP contribution in [0.2, 0.25) is 0 Å². The summed E-state index contributed by atoms with van der Waals surface area (Å²) in [7, 11) is -1.89. The van der Waals surface area contributed by atoms with Crippen molar-refractivity contribution in [1.82, 2.24) is 14.1 Å². The molecule has 21 heavy (non-hydrogen) atoms. The second-order valence-electron chi connectivity index (χ2n) is 5.19. The first-order valence-electron chi connectivity index (χ1n) is 6.98. The van der Waals surface area contributed by atoms with E-state index in [-0.39, 0.29) is 6.04 Å². The first-order chi connectivity index (χ1) is 9.77. The normalized spacial score (nSPS) is 13.9. The average molecular weight is 335 g/mol. The molecule has 1 atom stereocenters. The van der Waals surface area contributed by atoms with Crippen molar-refractivity contribution in [3.63, 3.8) is 0 Å². The molecule has 0 spiro atoms. The summed E-state index contributed by atoms with van der Waals surface area (Å²) in [6.07, 6.45) is 2.75. The molecule has 122 valence electrons. The third-order valence-corrected chi connectivity index (χ3v) is 6.60. The van der Waals surface area contributed by atoms with Gasteiger partial charge in [-0.1, -0.05) is 0 Å². The van der Waals surface area contributed by atoms with Crippen molar-refractivity contribution in [3.8, 4) is 0 Å². The Bertz CT molecular complexity index is 569. The predicted octanol–water partition coefficient (Wildman–Crippen LogP) is 1.22. The second kappa shape index (κ2) is 7.62. The minimum absolute atomic E-state index is 0.0591. The highest BCUT2D eigenvalue weighted by molar-refractivity contribution is 7.98. The van der Waals surface area contributed by atoms with Crippen molar-refractivity contribution >= 4 is 21.8 Å². The molecule has 1 aromatic rings. The van der Waals surface area contributed by atoms with Crippen LogP contribution in [-0.2, 0) is 16.6 Å². The number of aromatic nitrogens is 2. The molecule has 0 aliphatic carbocycles. The fourth-order valence-corrected chi connectivity index (χ4v) is 4.77. The summed E-state index contributed by atoms with van der Waals surface area (Å²) in [5.74, 6) is 0.759. The Morgan fingerprint density at radius 2 is 2.05 bits per heavy atom. The Morgan fingerprint density at radius 1 is 1.43 bits per heavy atom. The Hall–Kier alpha value is -0.570. The number of nitrogens with two attached hydrogens (primary N) is 1. The number of sulfonamides is 1.